The molecule has 4 rings (SSSR count). The lowest BCUT2D eigenvalue weighted by Crippen LogP contribution is -2.54. The van der Waals surface area contributed by atoms with Crippen molar-refractivity contribution in [3.05, 3.63) is 71.1 Å². The number of allylic oxidation sites excluding steroid dienone is 3. The molecule has 1 N–H and O–H groups in total. The second-order valence-electron chi connectivity index (χ2n) is 6.02. The molecule has 0 bridgehead atoms. The standard InChI is InChI=1S/C18H17ClN2O/c19-13-7-5-12(6-8-13)16-11-21-10-9-20-18(22)17(21)15-4-2-1-3-14(15)16/h1-2,4-10,14,16-17H,3,11H2,(H,20,22). The van der Waals surface area contributed by atoms with Crippen LogP contribution < -0.4 is 5.32 Å². The number of carbonyl (C=O) groups excluding carboxylic acids is 1. The Balaban J connectivity index is 1.75. The number of nitrogens with zero attached hydrogens (tertiary/aromatic N) is 1. The van der Waals surface area contributed by atoms with E-state index in [1.54, 1.807) is 6.20 Å². The first-order valence-corrected chi connectivity index (χ1v) is 7.97. The van der Waals surface area contributed by atoms with Gasteiger partial charge in [0.25, 0.3) is 5.91 Å². The smallest absolute Gasteiger partial charge is 0.250 e. The molecule has 112 valence electrons. The highest BCUT2D eigenvalue weighted by Crippen LogP contribution is 2.43. The van der Waals surface area contributed by atoms with Gasteiger partial charge in [-0.25, -0.2) is 0 Å². The second-order valence-corrected chi connectivity index (χ2v) is 6.46. The number of carbonyl (C=O) groups is 1. The van der Waals surface area contributed by atoms with E-state index in [2.05, 4.69) is 40.6 Å². The van der Waals surface area contributed by atoms with Crippen LogP contribution >= 0.6 is 11.6 Å². The molecule has 1 saturated heterocycles. The molecular weight excluding hydrogens is 296 g/mol. The molecule has 1 amide bonds. The van der Waals surface area contributed by atoms with Crippen molar-refractivity contribution in [3.63, 3.8) is 0 Å². The molecule has 1 aliphatic carbocycles. The second kappa shape index (κ2) is 5.33. The van der Waals surface area contributed by atoms with Gasteiger partial charge in [0, 0.05) is 29.9 Å². The number of fused-ring (bicyclic) bond motifs is 3. The van der Waals surface area contributed by atoms with Crippen LogP contribution in [0.25, 0.3) is 0 Å². The third-order valence-corrected chi connectivity index (χ3v) is 5.07. The van der Waals surface area contributed by atoms with Gasteiger partial charge in [-0.05, 0) is 35.6 Å². The predicted octanol–water partition coefficient (Wildman–Crippen LogP) is 3.21. The fourth-order valence-electron chi connectivity index (χ4n) is 3.80. The number of benzene rings is 1. The van der Waals surface area contributed by atoms with Crippen LogP contribution in [0.1, 0.15) is 17.9 Å². The number of nitrogens with one attached hydrogen (secondary N) is 1. The fraction of sp³-hybridized carbons (Fsp3) is 0.278. The summed E-state index contributed by atoms with van der Waals surface area (Å²) in [6.07, 6.45) is 11.1. The van der Waals surface area contributed by atoms with Crippen LogP contribution in [0, 0.1) is 5.92 Å². The normalized spacial score (nSPS) is 29.5. The van der Waals surface area contributed by atoms with Crippen molar-refractivity contribution in [1.29, 1.82) is 0 Å². The summed E-state index contributed by atoms with van der Waals surface area (Å²) in [6, 6.07) is 7.95. The average Bonchev–Trinajstić information content (AvgIpc) is 2.55. The molecule has 3 aliphatic rings. The highest BCUT2D eigenvalue weighted by molar-refractivity contribution is 6.30. The molecule has 1 aromatic rings. The number of amides is 1. The monoisotopic (exact) mass is 312 g/mol. The van der Waals surface area contributed by atoms with Crippen LogP contribution in [0.3, 0.4) is 0 Å². The molecule has 3 atom stereocenters. The molecule has 22 heavy (non-hydrogen) atoms. The van der Waals surface area contributed by atoms with E-state index in [0.717, 1.165) is 18.0 Å². The summed E-state index contributed by atoms with van der Waals surface area (Å²) < 4.78 is 0. The minimum absolute atomic E-state index is 0.0728. The molecule has 2 heterocycles. The van der Waals surface area contributed by atoms with Gasteiger partial charge in [-0.1, -0.05) is 42.0 Å². The molecule has 1 fully saturated rings. The highest BCUT2D eigenvalue weighted by atomic mass is 35.5. The van der Waals surface area contributed by atoms with Crippen molar-refractivity contribution in [2.75, 3.05) is 6.54 Å². The van der Waals surface area contributed by atoms with Crippen molar-refractivity contribution < 1.29 is 4.79 Å². The zero-order valence-corrected chi connectivity index (χ0v) is 12.8. The van der Waals surface area contributed by atoms with Crippen molar-refractivity contribution in [3.8, 4) is 0 Å². The van der Waals surface area contributed by atoms with E-state index in [0.29, 0.717) is 11.8 Å². The van der Waals surface area contributed by atoms with E-state index in [4.69, 9.17) is 11.6 Å². The quantitative estimate of drug-likeness (QED) is 0.863. The van der Waals surface area contributed by atoms with Crippen molar-refractivity contribution in [2.45, 2.75) is 18.4 Å². The van der Waals surface area contributed by atoms with Gasteiger partial charge >= 0.3 is 0 Å². The van der Waals surface area contributed by atoms with E-state index in [-0.39, 0.29) is 11.9 Å². The predicted molar refractivity (Wildman–Crippen MR) is 87.3 cm³/mol. The summed E-state index contributed by atoms with van der Waals surface area (Å²) in [5.74, 6) is 0.827. The van der Waals surface area contributed by atoms with Crippen LogP contribution in [-0.4, -0.2) is 23.4 Å². The first kappa shape index (κ1) is 13.6. The first-order chi connectivity index (χ1) is 10.7. The molecule has 3 nitrogen and oxygen atoms in total. The van der Waals surface area contributed by atoms with Crippen LogP contribution in [-0.2, 0) is 4.79 Å². The van der Waals surface area contributed by atoms with Crippen LogP contribution in [0.15, 0.2) is 60.5 Å². The fourth-order valence-corrected chi connectivity index (χ4v) is 3.92. The van der Waals surface area contributed by atoms with Crippen molar-refractivity contribution >= 4 is 17.5 Å². The Morgan fingerprint density at radius 1 is 1.18 bits per heavy atom. The zero-order chi connectivity index (χ0) is 15.1. The number of hydrogen-bond donors (Lipinski definition) is 1. The third-order valence-electron chi connectivity index (χ3n) is 4.82. The van der Waals surface area contributed by atoms with E-state index < -0.39 is 0 Å². The Morgan fingerprint density at radius 2 is 2.00 bits per heavy atom. The summed E-state index contributed by atoms with van der Waals surface area (Å²) in [5.41, 5.74) is 2.50. The molecular formula is C18H17ClN2O. The first-order valence-electron chi connectivity index (χ1n) is 7.59. The van der Waals surface area contributed by atoms with Crippen LogP contribution in [0.4, 0.5) is 0 Å². The van der Waals surface area contributed by atoms with Crippen LogP contribution in [0.5, 0.6) is 0 Å². The molecule has 4 heteroatoms. The summed E-state index contributed by atoms with van der Waals surface area (Å²) >= 11 is 6.02. The van der Waals surface area contributed by atoms with Gasteiger partial charge in [-0.15, -0.1) is 0 Å². The largest absolute Gasteiger partial charge is 0.360 e. The summed E-state index contributed by atoms with van der Waals surface area (Å²) in [6.45, 7) is 0.853. The van der Waals surface area contributed by atoms with Gasteiger partial charge in [-0.3, -0.25) is 4.79 Å². The molecule has 0 spiro atoms. The summed E-state index contributed by atoms with van der Waals surface area (Å²) in [7, 11) is 0. The number of hydrogen-bond acceptors (Lipinski definition) is 2. The number of rotatable bonds is 1. The molecule has 3 unspecified atom stereocenters. The Labute approximate surface area is 134 Å². The topological polar surface area (TPSA) is 32.3 Å². The van der Waals surface area contributed by atoms with Gasteiger partial charge in [0.15, 0.2) is 0 Å². The average molecular weight is 313 g/mol. The zero-order valence-electron chi connectivity index (χ0n) is 12.1. The Morgan fingerprint density at radius 3 is 2.82 bits per heavy atom. The maximum atomic E-state index is 12.3. The molecule has 2 aliphatic heterocycles. The van der Waals surface area contributed by atoms with E-state index in [9.17, 15) is 4.79 Å². The maximum absolute atomic E-state index is 12.3. The minimum atomic E-state index is -0.163. The number of piperidine rings is 1. The van der Waals surface area contributed by atoms with Gasteiger partial charge in [0.2, 0.25) is 0 Å². The molecule has 0 radical (unpaired) electrons. The van der Waals surface area contributed by atoms with Gasteiger partial charge in [-0.2, -0.15) is 0 Å². The third kappa shape index (κ3) is 2.17. The summed E-state index contributed by atoms with van der Waals surface area (Å²) in [5, 5.41) is 3.59. The number of halogens is 1. The minimum Gasteiger partial charge on any atom is -0.360 e. The van der Waals surface area contributed by atoms with Gasteiger partial charge in [0.1, 0.15) is 6.04 Å². The van der Waals surface area contributed by atoms with E-state index in [1.165, 1.54) is 11.1 Å². The highest BCUT2D eigenvalue weighted by Gasteiger charge is 2.43. The lowest BCUT2D eigenvalue weighted by atomic mass is 9.71. The van der Waals surface area contributed by atoms with E-state index >= 15 is 0 Å². The lowest BCUT2D eigenvalue weighted by Gasteiger charge is -2.47. The Hall–Kier alpha value is -2.00. The lowest BCUT2D eigenvalue weighted by molar-refractivity contribution is -0.125. The molecule has 0 saturated carbocycles. The maximum Gasteiger partial charge on any atom is 0.250 e. The van der Waals surface area contributed by atoms with Gasteiger partial charge in [0.05, 0.1) is 0 Å². The van der Waals surface area contributed by atoms with E-state index in [1.807, 2.05) is 18.3 Å². The SMILES string of the molecule is O=C1NC=CN2CC(c3ccc(Cl)cc3)C3CC=CC=C3C12. The van der Waals surface area contributed by atoms with Crippen LogP contribution in [0.2, 0.25) is 5.02 Å². The van der Waals surface area contributed by atoms with Crippen molar-refractivity contribution in [2.24, 2.45) is 5.92 Å². The van der Waals surface area contributed by atoms with Gasteiger partial charge < -0.3 is 10.2 Å². The molecule has 1 aromatic carbocycles. The Bertz CT molecular complexity index is 690. The summed E-state index contributed by atoms with van der Waals surface area (Å²) in [4.78, 5) is 14.4. The van der Waals surface area contributed by atoms with Crippen molar-refractivity contribution in [1.82, 2.24) is 10.2 Å². The Kier molecular flexibility index (Phi) is 3.30. The molecule has 0 aromatic heterocycles.